The van der Waals surface area contributed by atoms with Crippen LogP contribution in [-0.4, -0.2) is 18.4 Å². The smallest absolute Gasteiger partial charge is 0.330 e. The lowest BCUT2D eigenvalue weighted by Crippen LogP contribution is -1.97. The molecule has 0 bridgehead atoms. The van der Waals surface area contributed by atoms with E-state index in [-0.39, 0.29) is 11.8 Å². The number of hydrogen-bond donors (Lipinski definition) is 0. The summed E-state index contributed by atoms with van der Waals surface area (Å²) in [5.41, 5.74) is 0. The summed E-state index contributed by atoms with van der Waals surface area (Å²) < 4.78 is 4.43. The van der Waals surface area contributed by atoms with Gasteiger partial charge in [-0.3, -0.25) is 0 Å². The van der Waals surface area contributed by atoms with Crippen LogP contribution in [0, 0.1) is 0 Å². The maximum Gasteiger partial charge on any atom is 0.330 e. The Hall–Kier alpha value is -1.12. The van der Waals surface area contributed by atoms with E-state index in [1.807, 2.05) is 0 Å². The highest BCUT2D eigenvalue weighted by Crippen LogP contribution is 1.74. The van der Waals surface area contributed by atoms with Gasteiger partial charge in [0.1, 0.15) is 5.78 Å². The molecular weight excluding hydrogens is 144 g/mol. The standard InChI is InChI=1S/C5H8O2.C3H6O/c1-3-5(6)7-4-2;1-3(2)4/h3H,1,4H2,2H3;1-2H3. The van der Waals surface area contributed by atoms with E-state index in [1.165, 1.54) is 13.8 Å². The van der Waals surface area contributed by atoms with E-state index in [0.717, 1.165) is 6.08 Å². The number of ketones is 1. The fourth-order valence-corrected chi connectivity index (χ4v) is 0.201. The number of hydrogen-bond acceptors (Lipinski definition) is 3. The van der Waals surface area contributed by atoms with Crippen molar-refractivity contribution < 1.29 is 14.3 Å². The summed E-state index contributed by atoms with van der Waals surface area (Å²) in [5, 5.41) is 0. The number of ether oxygens (including phenoxy) is 1. The molecule has 0 spiro atoms. The van der Waals surface area contributed by atoms with Crippen molar-refractivity contribution in [3.63, 3.8) is 0 Å². The molecule has 0 aromatic carbocycles. The van der Waals surface area contributed by atoms with Gasteiger partial charge in [-0.15, -0.1) is 0 Å². The van der Waals surface area contributed by atoms with Crippen LogP contribution in [0.4, 0.5) is 0 Å². The van der Waals surface area contributed by atoms with Gasteiger partial charge in [-0.1, -0.05) is 6.58 Å². The Balaban J connectivity index is 0. The van der Waals surface area contributed by atoms with E-state index in [1.54, 1.807) is 6.92 Å². The minimum atomic E-state index is -0.359. The fourth-order valence-electron chi connectivity index (χ4n) is 0.201. The summed E-state index contributed by atoms with van der Waals surface area (Å²) in [6.07, 6.45) is 1.14. The van der Waals surface area contributed by atoms with E-state index in [0.29, 0.717) is 6.61 Å². The molecule has 0 aromatic heterocycles. The lowest BCUT2D eigenvalue weighted by molar-refractivity contribution is -0.137. The summed E-state index contributed by atoms with van der Waals surface area (Å²) >= 11 is 0. The zero-order chi connectivity index (χ0) is 9.28. The second kappa shape index (κ2) is 8.88. The maximum absolute atomic E-state index is 10.1. The first-order valence-corrected chi connectivity index (χ1v) is 3.31. The predicted molar refractivity (Wildman–Crippen MR) is 43.2 cm³/mol. The maximum atomic E-state index is 10.1. The van der Waals surface area contributed by atoms with E-state index < -0.39 is 0 Å². The van der Waals surface area contributed by atoms with Gasteiger partial charge in [0, 0.05) is 6.08 Å². The van der Waals surface area contributed by atoms with Crippen molar-refractivity contribution in [2.45, 2.75) is 20.8 Å². The Morgan fingerprint density at radius 3 is 1.91 bits per heavy atom. The van der Waals surface area contributed by atoms with Crippen LogP contribution < -0.4 is 0 Å². The number of rotatable bonds is 2. The molecule has 0 atom stereocenters. The van der Waals surface area contributed by atoms with Crippen molar-refractivity contribution in [1.82, 2.24) is 0 Å². The average Bonchev–Trinajstić information content (AvgIpc) is 1.87. The monoisotopic (exact) mass is 158 g/mol. The number of esters is 1. The second-order valence-electron chi connectivity index (χ2n) is 1.86. The third-order valence-electron chi connectivity index (χ3n) is 0.453. The SMILES string of the molecule is C=CC(=O)OCC.CC(C)=O. The molecule has 11 heavy (non-hydrogen) atoms. The Labute approximate surface area is 67.0 Å². The minimum Gasteiger partial charge on any atom is -0.463 e. The molecule has 0 aliphatic carbocycles. The molecule has 0 N–H and O–H groups in total. The Bertz CT molecular complexity index is 134. The Morgan fingerprint density at radius 1 is 1.45 bits per heavy atom. The molecule has 0 aliphatic heterocycles. The highest BCUT2D eigenvalue weighted by molar-refractivity contribution is 5.81. The molecule has 64 valence electrons. The van der Waals surface area contributed by atoms with Crippen LogP contribution in [0.15, 0.2) is 12.7 Å². The summed E-state index contributed by atoms with van der Waals surface area (Å²) in [5.74, 6) is -0.192. The molecule has 0 heterocycles. The average molecular weight is 158 g/mol. The van der Waals surface area contributed by atoms with Crippen LogP contribution in [-0.2, 0) is 14.3 Å². The van der Waals surface area contributed by atoms with Gasteiger partial charge >= 0.3 is 5.97 Å². The van der Waals surface area contributed by atoms with Crippen LogP contribution in [0.25, 0.3) is 0 Å². The molecule has 0 unspecified atom stereocenters. The van der Waals surface area contributed by atoms with Gasteiger partial charge in [0.05, 0.1) is 6.61 Å². The van der Waals surface area contributed by atoms with E-state index >= 15 is 0 Å². The lowest BCUT2D eigenvalue weighted by atomic mass is 10.6. The zero-order valence-electron chi connectivity index (χ0n) is 7.22. The molecule has 0 rings (SSSR count). The first-order valence-electron chi connectivity index (χ1n) is 3.31. The summed E-state index contributed by atoms with van der Waals surface area (Å²) in [4.78, 5) is 19.5. The van der Waals surface area contributed by atoms with Crippen LogP contribution >= 0.6 is 0 Å². The van der Waals surface area contributed by atoms with Crippen molar-refractivity contribution >= 4 is 11.8 Å². The first-order chi connectivity index (χ1) is 5.04. The van der Waals surface area contributed by atoms with Crippen molar-refractivity contribution in [2.24, 2.45) is 0 Å². The third-order valence-corrected chi connectivity index (χ3v) is 0.453. The van der Waals surface area contributed by atoms with Gasteiger partial charge in [0.25, 0.3) is 0 Å². The molecule has 0 fully saturated rings. The molecule has 0 saturated carbocycles. The van der Waals surface area contributed by atoms with Gasteiger partial charge in [-0.25, -0.2) is 4.79 Å². The Morgan fingerprint density at radius 2 is 1.82 bits per heavy atom. The van der Waals surface area contributed by atoms with Crippen molar-refractivity contribution in [3.8, 4) is 0 Å². The van der Waals surface area contributed by atoms with Gasteiger partial charge in [-0.05, 0) is 20.8 Å². The molecule has 0 aromatic rings. The van der Waals surface area contributed by atoms with E-state index in [9.17, 15) is 9.59 Å². The Kier molecular flexibility index (Phi) is 10.1. The van der Waals surface area contributed by atoms with Gasteiger partial charge in [0.15, 0.2) is 0 Å². The first kappa shape index (κ1) is 12.5. The fraction of sp³-hybridized carbons (Fsp3) is 0.500. The van der Waals surface area contributed by atoms with Crippen molar-refractivity contribution in [2.75, 3.05) is 6.61 Å². The van der Waals surface area contributed by atoms with Gasteiger partial charge in [0.2, 0.25) is 0 Å². The van der Waals surface area contributed by atoms with Gasteiger partial charge < -0.3 is 9.53 Å². The minimum absolute atomic E-state index is 0.167. The normalized spacial score (nSPS) is 7.18. The molecule has 0 radical (unpaired) electrons. The van der Waals surface area contributed by atoms with Crippen molar-refractivity contribution in [3.05, 3.63) is 12.7 Å². The summed E-state index contributed by atoms with van der Waals surface area (Å²) in [6.45, 7) is 8.43. The molecule has 0 aliphatic rings. The largest absolute Gasteiger partial charge is 0.463 e. The van der Waals surface area contributed by atoms with Gasteiger partial charge in [-0.2, -0.15) is 0 Å². The number of carbonyl (C=O) groups is 2. The number of Topliss-reactive ketones (excluding diaryl/α,β-unsaturated/α-hetero) is 1. The van der Waals surface area contributed by atoms with Crippen LogP contribution in [0.1, 0.15) is 20.8 Å². The molecular formula is C8H14O3. The molecule has 0 amide bonds. The molecule has 0 saturated heterocycles. The topological polar surface area (TPSA) is 43.4 Å². The third kappa shape index (κ3) is 27.9. The van der Waals surface area contributed by atoms with Crippen molar-refractivity contribution in [1.29, 1.82) is 0 Å². The van der Waals surface area contributed by atoms with E-state index in [4.69, 9.17) is 0 Å². The summed E-state index contributed by atoms with van der Waals surface area (Å²) in [6, 6.07) is 0. The van der Waals surface area contributed by atoms with Crippen LogP contribution in [0.5, 0.6) is 0 Å². The number of carbonyl (C=O) groups excluding carboxylic acids is 2. The van der Waals surface area contributed by atoms with Crippen LogP contribution in [0.3, 0.4) is 0 Å². The molecule has 3 heteroatoms. The zero-order valence-corrected chi connectivity index (χ0v) is 7.22. The quantitative estimate of drug-likeness (QED) is 0.450. The van der Waals surface area contributed by atoms with Crippen LogP contribution in [0.2, 0.25) is 0 Å². The van der Waals surface area contributed by atoms with E-state index in [2.05, 4.69) is 11.3 Å². The lowest BCUT2D eigenvalue weighted by Gasteiger charge is -1.90. The highest BCUT2D eigenvalue weighted by Gasteiger charge is 1.86. The second-order valence-corrected chi connectivity index (χ2v) is 1.86. The summed E-state index contributed by atoms with van der Waals surface area (Å²) in [7, 11) is 0. The highest BCUT2D eigenvalue weighted by atomic mass is 16.5. The molecule has 3 nitrogen and oxygen atoms in total. The predicted octanol–water partition coefficient (Wildman–Crippen LogP) is 1.33.